The van der Waals surface area contributed by atoms with Crippen LogP contribution >= 0.6 is 0 Å². The third-order valence-corrected chi connectivity index (χ3v) is 4.03. The first kappa shape index (κ1) is 16.0. The van der Waals surface area contributed by atoms with Gasteiger partial charge in [-0.3, -0.25) is 0 Å². The Bertz CT molecular complexity index is 218. The van der Waals surface area contributed by atoms with E-state index in [9.17, 15) is 0 Å². The largest absolute Gasteiger partial charge is 0.328 e. The third kappa shape index (κ3) is 6.19. The molecule has 0 bridgehead atoms. The van der Waals surface area contributed by atoms with Crippen molar-refractivity contribution in [2.75, 3.05) is 13.1 Å². The van der Waals surface area contributed by atoms with E-state index in [1.165, 1.54) is 45.2 Å². The fourth-order valence-electron chi connectivity index (χ4n) is 3.23. The molecular formula is C16H34N2. The quantitative estimate of drug-likeness (QED) is 0.781. The number of nitrogens with zero attached hydrogens (tertiary/aromatic N) is 1. The normalized spacial score (nSPS) is 24.2. The van der Waals surface area contributed by atoms with Crippen LogP contribution in [0, 0.1) is 5.41 Å². The zero-order valence-corrected chi connectivity index (χ0v) is 13.0. The monoisotopic (exact) mass is 254 g/mol. The Morgan fingerprint density at radius 2 is 2.00 bits per heavy atom. The van der Waals surface area contributed by atoms with Crippen LogP contribution in [0.1, 0.15) is 72.6 Å². The van der Waals surface area contributed by atoms with Crippen LogP contribution < -0.4 is 5.73 Å². The molecule has 1 saturated heterocycles. The van der Waals surface area contributed by atoms with Crippen molar-refractivity contribution in [3.05, 3.63) is 0 Å². The first-order valence-electron chi connectivity index (χ1n) is 7.92. The van der Waals surface area contributed by atoms with Crippen molar-refractivity contribution >= 4 is 0 Å². The smallest absolute Gasteiger partial charge is 0.00951 e. The Labute approximate surface area is 114 Å². The van der Waals surface area contributed by atoms with Gasteiger partial charge < -0.3 is 10.6 Å². The highest BCUT2D eigenvalue weighted by molar-refractivity contribution is 4.79. The van der Waals surface area contributed by atoms with Crippen molar-refractivity contribution in [1.29, 1.82) is 0 Å². The minimum Gasteiger partial charge on any atom is -0.328 e. The fraction of sp³-hybridized carbons (Fsp3) is 1.00. The van der Waals surface area contributed by atoms with E-state index in [2.05, 4.69) is 32.6 Å². The molecule has 0 aromatic rings. The third-order valence-electron chi connectivity index (χ3n) is 4.03. The van der Waals surface area contributed by atoms with Gasteiger partial charge in [-0.15, -0.1) is 0 Å². The van der Waals surface area contributed by atoms with Gasteiger partial charge in [-0.25, -0.2) is 0 Å². The first-order chi connectivity index (χ1) is 8.42. The van der Waals surface area contributed by atoms with Gasteiger partial charge in [-0.1, -0.05) is 40.5 Å². The number of hydrogen-bond donors (Lipinski definition) is 1. The molecule has 108 valence electrons. The van der Waals surface area contributed by atoms with Gasteiger partial charge in [0.25, 0.3) is 0 Å². The zero-order valence-electron chi connectivity index (χ0n) is 13.0. The van der Waals surface area contributed by atoms with Gasteiger partial charge in [0.1, 0.15) is 0 Å². The van der Waals surface area contributed by atoms with Crippen molar-refractivity contribution < 1.29 is 0 Å². The zero-order chi connectivity index (χ0) is 13.6. The molecule has 0 saturated carbocycles. The number of piperidine rings is 1. The van der Waals surface area contributed by atoms with Gasteiger partial charge in [-0.2, -0.15) is 0 Å². The maximum Gasteiger partial charge on any atom is 0.00951 e. The molecule has 1 aliphatic heterocycles. The van der Waals surface area contributed by atoms with Crippen LogP contribution in [0.3, 0.4) is 0 Å². The second-order valence-electron chi connectivity index (χ2n) is 7.29. The molecule has 0 spiro atoms. The van der Waals surface area contributed by atoms with E-state index in [-0.39, 0.29) is 0 Å². The van der Waals surface area contributed by atoms with Crippen LogP contribution in [0.2, 0.25) is 0 Å². The van der Waals surface area contributed by atoms with Gasteiger partial charge >= 0.3 is 0 Å². The molecule has 2 nitrogen and oxygen atoms in total. The molecule has 1 aliphatic rings. The summed E-state index contributed by atoms with van der Waals surface area (Å²) in [7, 11) is 0. The Morgan fingerprint density at radius 3 is 2.61 bits per heavy atom. The minimum atomic E-state index is 0.365. The van der Waals surface area contributed by atoms with Crippen LogP contribution in [0.15, 0.2) is 0 Å². The topological polar surface area (TPSA) is 29.3 Å². The molecule has 2 atom stereocenters. The van der Waals surface area contributed by atoms with Crippen molar-refractivity contribution in [3.63, 3.8) is 0 Å². The highest BCUT2D eigenvalue weighted by Crippen LogP contribution is 2.24. The molecule has 18 heavy (non-hydrogen) atoms. The van der Waals surface area contributed by atoms with E-state index < -0.39 is 0 Å². The summed E-state index contributed by atoms with van der Waals surface area (Å²) in [6.45, 7) is 11.7. The van der Waals surface area contributed by atoms with E-state index in [1.807, 2.05) is 0 Å². The lowest BCUT2D eigenvalue weighted by atomic mass is 9.87. The molecule has 0 aromatic carbocycles. The summed E-state index contributed by atoms with van der Waals surface area (Å²) < 4.78 is 0. The predicted molar refractivity (Wildman–Crippen MR) is 80.8 cm³/mol. The van der Waals surface area contributed by atoms with E-state index in [0.717, 1.165) is 18.9 Å². The summed E-state index contributed by atoms with van der Waals surface area (Å²) in [5.41, 5.74) is 6.63. The molecule has 1 heterocycles. The fourth-order valence-corrected chi connectivity index (χ4v) is 3.23. The SMILES string of the molecule is CCCC1CCCCN1CCC(N)CC(C)(C)C. The molecule has 0 aliphatic carbocycles. The van der Waals surface area contributed by atoms with Crippen LogP contribution in [0.4, 0.5) is 0 Å². The second kappa shape index (κ2) is 7.49. The lowest BCUT2D eigenvalue weighted by Crippen LogP contribution is -2.42. The molecule has 2 unspecified atom stereocenters. The number of rotatable bonds is 6. The summed E-state index contributed by atoms with van der Waals surface area (Å²) in [6.07, 6.45) is 9.20. The molecule has 2 heteroatoms. The number of hydrogen-bond acceptors (Lipinski definition) is 2. The molecule has 0 aromatic heterocycles. The maximum atomic E-state index is 6.27. The Morgan fingerprint density at radius 1 is 1.28 bits per heavy atom. The van der Waals surface area contributed by atoms with Gasteiger partial charge in [0, 0.05) is 12.1 Å². The maximum absolute atomic E-state index is 6.27. The Hall–Kier alpha value is -0.0800. The Kier molecular flexibility index (Phi) is 6.65. The first-order valence-corrected chi connectivity index (χ1v) is 7.92. The molecule has 2 N–H and O–H groups in total. The number of likely N-dealkylation sites (tertiary alicyclic amines) is 1. The van der Waals surface area contributed by atoms with E-state index in [1.54, 1.807) is 0 Å². The summed E-state index contributed by atoms with van der Waals surface area (Å²) in [4.78, 5) is 2.70. The Balaban J connectivity index is 2.31. The second-order valence-corrected chi connectivity index (χ2v) is 7.29. The summed E-state index contributed by atoms with van der Waals surface area (Å²) in [5, 5.41) is 0. The van der Waals surface area contributed by atoms with Gasteiger partial charge in [0.2, 0.25) is 0 Å². The van der Waals surface area contributed by atoms with E-state index >= 15 is 0 Å². The lowest BCUT2D eigenvalue weighted by Gasteiger charge is -2.36. The standard InChI is InChI=1S/C16H34N2/c1-5-8-15-9-6-7-11-18(15)12-10-14(17)13-16(2,3)4/h14-15H,5-13,17H2,1-4H3. The molecule has 1 rings (SSSR count). The average molecular weight is 254 g/mol. The van der Waals surface area contributed by atoms with Gasteiger partial charge in [0.15, 0.2) is 0 Å². The summed E-state index contributed by atoms with van der Waals surface area (Å²) in [5.74, 6) is 0. The minimum absolute atomic E-state index is 0.365. The summed E-state index contributed by atoms with van der Waals surface area (Å²) in [6, 6.07) is 1.21. The van der Waals surface area contributed by atoms with Crippen LogP contribution in [-0.2, 0) is 0 Å². The van der Waals surface area contributed by atoms with Gasteiger partial charge in [0.05, 0.1) is 0 Å². The highest BCUT2D eigenvalue weighted by Gasteiger charge is 2.22. The van der Waals surface area contributed by atoms with Crippen LogP contribution in [-0.4, -0.2) is 30.1 Å². The molecule has 0 amide bonds. The van der Waals surface area contributed by atoms with E-state index in [4.69, 9.17) is 5.73 Å². The molecule has 0 radical (unpaired) electrons. The predicted octanol–water partition coefficient (Wildman–Crippen LogP) is 3.79. The van der Waals surface area contributed by atoms with Gasteiger partial charge in [-0.05, 0) is 50.6 Å². The number of nitrogens with two attached hydrogens (primary N) is 1. The lowest BCUT2D eigenvalue weighted by molar-refractivity contribution is 0.132. The average Bonchev–Trinajstić information content (AvgIpc) is 2.26. The van der Waals surface area contributed by atoms with Crippen LogP contribution in [0.25, 0.3) is 0 Å². The van der Waals surface area contributed by atoms with Crippen molar-refractivity contribution in [2.24, 2.45) is 11.1 Å². The molecule has 1 fully saturated rings. The van der Waals surface area contributed by atoms with E-state index in [0.29, 0.717) is 11.5 Å². The van der Waals surface area contributed by atoms with Crippen molar-refractivity contribution in [1.82, 2.24) is 4.90 Å². The van der Waals surface area contributed by atoms with Crippen molar-refractivity contribution in [2.45, 2.75) is 84.7 Å². The summed E-state index contributed by atoms with van der Waals surface area (Å²) >= 11 is 0. The van der Waals surface area contributed by atoms with Crippen LogP contribution in [0.5, 0.6) is 0 Å². The van der Waals surface area contributed by atoms with Crippen molar-refractivity contribution in [3.8, 4) is 0 Å². The molecular weight excluding hydrogens is 220 g/mol. The highest BCUT2D eigenvalue weighted by atomic mass is 15.2.